The van der Waals surface area contributed by atoms with Gasteiger partial charge < -0.3 is 5.32 Å². The first-order valence-corrected chi connectivity index (χ1v) is 13.4. The van der Waals surface area contributed by atoms with Crippen molar-refractivity contribution in [3.8, 4) is 0 Å². The summed E-state index contributed by atoms with van der Waals surface area (Å²) < 4.78 is 14.1. The Hall–Kier alpha value is -1.42. The number of carbonyl (C=O) groups is 1. The van der Waals surface area contributed by atoms with Crippen molar-refractivity contribution < 1.29 is 9.18 Å². The maximum Gasteiger partial charge on any atom is 0.223 e. The molecule has 4 aliphatic rings. The van der Waals surface area contributed by atoms with E-state index in [-0.39, 0.29) is 11.7 Å². The number of amides is 1. The van der Waals surface area contributed by atoms with Gasteiger partial charge in [-0.05, 0) is 68.3 Å². The van der Waals surface area contributed by atoms with Crippen LogP contribution in [0.3, 0.4) is 0 Å². The van der Waals surface area contributed by atoms with Crippen molar-refractivity contribution >= 4 is 5.91 Å². The molecule has 0 bridgehead atoms. The van der Waals surface area contributed by atoms with Gasteiger partial charge in [0, 0.05) is 37.2 Å². The summed E-state index contributed by atoms with van der Waals surface area (Å²) in [5, 5.41) is 3.60. The van der Waals surface area contributed by atoms with E-state index in [0.29, 0.717) is 42.2 Å². The lowest BCUT2D eigenvalue weighted by Crippen LogP contribution is -2.47. The monoisotopic (exact) mass is 440 g/mol. The van der Waals surface area contributed by atoms with Gasteiger partial charge in [0.25, 0.3) is 0 Å². The van der Waals surface area contributed by atoms with Crippen LogP contribution < -0.4 is 5.32 Å². The van der Waals surface area contributed by atoms with Crippen LogP contribution in [0.2, 0.25) is 0 Å². The van der Waals surface area contributed by atoms with E-state index < -0.39 is 0 Å². The summed E-state index contributed by atoms with van der Waals surface area (Å²) in [4.78, 5) is 16.1. The van der Waals surface area contributed by atoms with E-state index in [1.807, 2.05) is 12.1 Å². The quantitative estimate of drug-likeness (QED) is 0.595. The maximum atomic E-state index is 14.1. The van der Waals surface area contributed by atoms with Gasteiger partial charge in [0.2, 0.25) is 5.91 Å². The topological polar surface area (TPSA) is 32.3 Å². The molecule has 3 aliphatic carbocycles. The second-order valence-corrected chi connectivity index (χ2v) is 11.2. The smallest absolute Gasteiger partial charge is 0.223 e. The molecule has 1 aromatic rings. The molecular formula is C28H41FN2O. The minimum atomic E-state index is -0.0998. The summed E-state index contributed by atoms with van der Waals surface area (Å²) in [6.45, 7) is 2.72. The van der Waals surface area contributed by atoms with Gasteiger partial charge in [0.05, 0.1) is 0 Å². The lowest BCUT2D eigenvalue weighted by Gasteiger charge is -2.37. The molecule has 1 aliphatic heterocycles. The molecule has 5 rings (SSSR count). The molecule has 4 heteroatoms. The number of likely N-dealkylation sites (tertiary alicyclic amines) is 1. The molecule has 1 aromatic carbocycles. The number of hydrogen-bond donors (Lipinski definition) is 1. The number of rotatable bonds is 6. The standard InChI is InChI=1S/C28H41FN2O/c29-25-14-8-7-13-23(25)18-31-17-22-15-16-26(24(22)19-31)30-28(32)27(20-9-3-1-4-10-20)21-11-5-2-6-12-21/h7-8,13-14,20-22,24,26-27H,1-6,9-12,15-19H2,(H,30,32)/t22-,24+,26-/m0/s1. The molecule has 1 N–H and O–H groups in total. The molecule has 0 spiro atoms. The van der Waals surface area contributed by atoms with Gasteiger partial charge in [0.15, 0.2) is 0 Å². The fourth-order valence-corrected chi connectivity index (χ4v) is 7.61. The van der Waals surface area contributed by atoms with Gasteiger partial charge in [-0.3, -0.25) is 9.69 Å². The minimum absolute atomic E-state index is 0.0998. The Labute approximate surface area is 193 Å². The van der Waals surface area contributed by atoms with Gasteiger partial charge in [-0.1, -0.05) is 56.7 Å². The van der Waals surface area contributed by atoms with Crippen LogP contribution in [-0.4, -0.2) is 29.9 Å². The summed E-state index contributed by atoms with van der Waals surface area (Å²) in [5.41, 5.74) is 0.794. The van der Waals surface area contributed by atoms with Gasteiger partial charge in [-0.25, -0.2) is 4.39 Å². The molecule has 1 saturated heterocycles. The predicted molar refractivity (Wildman–Crippen MR) is 126 cm³/mol. The lowest BCUT2D eigenvalue weighted by molar-refractivity contribution is -0.131. The highest BCUT2D eigenvalue weighted by Gasteiger charge is 2.45. The molecule has 1 amide bonds. The van der Waals surface area contributed by atoms with Crippen LogP contribution in [0.25, 0.3) is 0 Å². The Morgan fingerprint density at radius 3 is 2.22 bits per heavy atom. The van der Waals surface area contributed by atoms with Crippen LogP contribution in [0.1, 0.15) is 82.6 Å². The van der Waals surface area contributed by atoms with E-state index in [2.05, 4.69) is 10.2 Å². The highest BCUT2D eigenvalue weighted by molar-refractivity contribution is 5.79. The van der Waals surface area contributed by atoms with Crippen LogP contribution in [0.4, 0.5) is 4.39 Å². The molecule has 32 heavy (non-hydrogen) atoms. The zero-order valence-electron chi connectivity index (χ0n) is 19.6. The Bertz CT molecular complexity index is 752. The van der Waals surface area contributed by atoms with Crippen LogP contribution >= 0.6 is 0 Å². The van der Waals surface area contributed by atoms with Gasteiger partial charge >= 0.3 is 0 Å². The molecule has 3 saturated carbocycles. The van der Waals surface area contributed by atoms with Crippen molar-refractivity contribution in [2.24, 2.45) is 29.6 Å². The Balaban J connectivity index is 1.22. The molecule has 176 valence electrons. The molecule has 4 fully saturated rings. The highest BCUT2D eigenvalue weighted by Crippen LogP contribution is 2.42. The van der Waals surface area contributed by atoms with Gasteiger partial charge in [-0.15, -0.1) is 0 Å². The van der Waals surface area contributed by atoms with E-state index in [4.69, 9.17) is 0 Å². The summed E-state index contributed by atoms with van der Waals surface area (Å²) in [7, 11) is 0. The second kappa shape index (κ2) is 10.2. The summed E-state index contributed by atoms with van der Waals surface area (Å²) in [6.07, 6.45) is 15.2. The fourth-order valence-electron chi connectivity index (χ4n) is 7.61. The normalized spacial score (nSPS) is 30.0. The number of halogens is 1. The molecule has 3 nitrogen and oxygen atoms in total. The largest absolute Gasteiger partial charge is 0.353 e. The van der Waals surface area contributed by atoms with Crippen molar-refractivity contribution in [3.05, 3.63) is 35.6 Å². The number of nitrogens with one attached hydrogen (secondary N) is 1. The first kappa shape index (κ1) is 22.4. The molecule has 3 atom stereocenters. The zero-order chi connectivity index (χ0) is 21.9. The number of carbonyl (C=O) groups excluding carboxylic acids is 1. The van der Waals surface area contributed by atoms with E-state index in [1.165, 1.54) is 70.6 Å². The van der Waals surface area contributed by atoms with E-state index in [0.717, 1.165) is 25.1 Å². The second-order valence-electron chi connectivity index (χ2n) is 11.2. The molecule has 1 heterocycles. The van der Waals surface area contributed by atoms with Crippen molar-refractivity contribution in [1.29, 1.82) is 0 Å². The number of benzene rings is 1. The number of fused-ring (bicyclic) bond motifs is 1. The Morgan fingerprint density at radius 1 is 0.906 bits per heavy atom. The van der Waals surface area contributed by atoms with E-state index in [9.17, 15) is 9.18 Å². The van der Waals surface area contributed by atoms with Gasteiger partial charge in [0.1, 0.15) is 5.82 Å². The zero-order valence-corrected chi connectivity index (χ0v) is 19.6. The van der Waals surface area contributed by atoms with Crippen LogP contribution in [0, 0.1) is 35.4 Å². The Morgan fingerprint density at radius 2 is 1.56 bits per heavy atom. The summed E-state index contributed by atoms with van der Waals surface area (Å²) >= 11 is 0. The third kappa shape index (κ3) is 4.90. The molecule has 0 aromatic heterocycles. The van der Waals surface area contributed by atoms with E-state index >= 15 is 0 Å². The third-order valence-electron chi connectivity index (χ3n) is 9.23. The van der Waals surface area contributed by atoms with Crippen LogP contribution in [-0.2, 0) is 11.3 Å². The van der Waals surface area contributed by atoms with E-state index in [1.54, 1.807) is 12.1 Å². The first-order chi connectivity index (χ1) is 15.7. The van der Waals surface area contributed by atoms with Crippen LogP contribution in [0.5, 0.6) is 0 Å². The van der Waals surface area contributed by atoms with Crippen molar-refractivity contribution in [3.63, 3.8) is 0 Å². The minimum Gasteiger partial charge on any atom is -0.353 e. The van der Waals surface area contributed by atoms with Crippen molar-refractivity contribution in [2.75, 3.05) is 13.1 Å². The number of hydrogen-bond acceptors (Lipinski definition) is 2. The summed E-state index contributed by atoms with van der Waals surface area (Å²) in [6, 6.07) is 7.47. The molecular weight excluding hydrogens is 399 g/mol. The lowest BCUT2D eigenvalue weighted by atomic mass is 9.69. The maximum absolute atomic E-state index is 14.1. The van der Waals surface area contributed by atoms with Crippen LogP contribution in [0.15, 0.2) is 24.3 Å². The Kier molecular flexibility index (Phi) is 7.16. The highest BCUT2D eigenvalue weighted by atomic mass is 19.1. The van der Waals surface area contributed by atoms with Crippen molar-refractivity contribution in [1.82, 2.24) is 10.2 Å². The van der Waals surface area contributed by atoms with Gasteiger partial charge in [-0.2, -0.15) is 0 Å². The average Bonchev–Trinajstić information content (AvgIpc) is 3.38. The third-order valence-corrected chi connectivity index (χ3v) is 9.23. The predicted octanol–water partition coefficient (Wildman–Crippen LogP) is 5.93. The summed E-state index contributed by atoms with van der Waals surface area (Å²) in [5.74, 6) is 2.90. The molecule has 0 radical (unpaired) electrons. The first-order valence-electron chi connectivity index (χ1n) is 13.4. The molecule has 0 unspecified atom stereocenters. The fraction of sp³-hybridized carbons (Fsp3) is 0.750. The SMILES string of the molecule is O=C(N[C@H]1CC[C@H]2CN(Cc3ccccc3F)C[C@H]21)C(C1CCCCC1)C1CCCCC1. The average molecular weight is 441 g/mol. The number of nitrogens with zero attached hydrogens (tertiary/aromatic N) is 1. The van der Waals surface area contributed by atoms with Crippen molar-refractivity contribution in [2.45, 2.75) is 89.6 Å².